The molecule has 0 heterocycles. The molecule has 1 N–H and O–H groups in total. The van der Waals surface area contributed by atoms with E-state index in [1.54, 1.807) is 0 Å². The summed E-state index contributed by atoms with van der Waals surface area (Å²) in [5.41, 5.74) is 0.417. The van der Waals surface area contributed by atoms with Crippen molar-refractivity contribution < 1.29 is 9.50 Å². The average Bonchev–Trinajstić information content (AvgIpc) is 1.94. The van der Waals surface area contributed by atoms with Gasteiger partial charge in [0.1, 0.15) is 11.6 Å². The van der Waals surface area contributed by atoms with Gasteiger partial charge in [0, 0.05) is 11.6 Å². The van der Waals surface area contributed by atoms with E-state index in [0.717, 1.165) is 6.07 Å². The van der Waals surface area contributed by atoms with E-state index in [0.29, 0.717) is 5.56 Å². The Morgan fingerprint density at radius 3 is 2.31 bits per heavy atom. The highest BCUT2D eigenvalue weighted by atomic mass is 35.5. The van der Waals surface area contributed by atoms with Crippen molar-refractivity contribution in [1.29, 1.82) is 0 Å². The van der Waals surface area contributed by atoms with Crippen LogP contribution in [0.15, 0.2) is 12.1 Å². The molecular weight excluding hydrogens is 191 g/mol. The number of hydrogen-bond donors (Lipinski definition) is 1. The molecule has 0 atom stereocenters. The molecule has 0 aromatic heterocycles. The van der Waals surface area contributed by atoms with Crippen molar-refractivity contribution in [2.75, 3.05) is 0 Å². The maximum absolute atomic E-state index is 12.9. The molecule has 0 saturated heterocycles. The fourth-order valence-corrected chi connectivity index (χ4v) is 1.30. The summed E-state index contributed by atoms with van der Waals surface area (Å²) in [4.78, 5) is 0. The molecule has 3 heteroatoms. The third kappa shape index (κ3) is 2.13. The van der Waals surface area contributed by atoms with Crippen LogP contribution >= 0.6 is 11.6 Å². The maximum atomic E-state index is 12.9. The van der Waals surface area contributed by atoms with Gasteiger partial charge in [-0.2, -0.15) is 0 Å². The normalized spacial score (nSPS) is 11.8. The molecule has 0 aliphatic carbocycles. The second-order valence-electron chi connectivity index (χ2n) is 4.03. The Morgan fingerprint density at radius 2 is 1.85 bits per heavy atom. The van der Waals surface area contributed by atoms with Crippen molar-refractivity contribution in [2.24, 2.45) is 0 Å². The Hall–Kier alpha value is -0.760. The number of phenols is 1. The number of aromatic hydroxyl groups is 1. The first-order valence-electron chi connectivity index (χ1n) is 4.01. The van der Waals surface area contributed by atoms with Crippen LogP contribution in [0.4, 0.5) is 4.39 Å². The van der Waals surface area contributed by atoms with Gasteiger partial charge in [-0.25, -0.2) is 4.39 Å². The van der Waals surface area contributed by atoms with Crippen LogP contribution in [-0.4, -0.2) is 5.11 Å². The first-order chi connectivity index (χ1) is 5.82. The SMILES string of the molecule is CC(C)(C)c1cc(Cl)c(F)cc1O. The van der Waals surface area contributed by atoms with Gasteiger partial charge in [0.05, 0.1) is 5.02 Å². The molecule has 0 amide bonds. The summed E-state index contributed by atoms with van der Waals surface area (Å²) in [5, 5.41) is 9.50. The van der Waals surface area contributed by atoms with E-state index < -0.39 is 5.82 Å². The molecule has 1 aromatic carbocycles. The molecule has 0 unspecified atom stereocenters. The van der Waals surface area contributed by atoms with E-state index in [9.17, 15) is 9.50 Å². The smallest absolute Gasteiger partial charge is 0.145 e. The molecule has 13 heavy (non-hydrogen) atoms. The lowest BCUT2D eigenvalue weighted by Crippen LogP contribution is -2.11. The van der Waals surface area contributed by atoms with Crippen LogP contribution in [-0.2, 0) is 5.41 Å². The van der Waals surface area contributed by atoms with Crippen LogP contribution in [0.2, 0.25) is 5.02 Å². The predicted molar refractivity (Wildman–Crippen MR) is 51.8 cm³/mol. The Kier molecular flexibility index (Phi) is 2.53. The third-order valence-corrected chi connectivity index (χ3v) is 2.14. The molecule has 1 rings (SSSR count). The minimum Gasteiger partial charge on any atom is -0.508 e. The maximum Gasteiger partial charge on any atom is 0.145 e. The molecule has 0 saturated carbocycles. The zero-order valence-corrected chi connectivity index (χ0v) is 8.61. The molecular formula is C10H12ClFO. The molecule has 1 aromatic rings. The topological polar surface area (TPSA) is 20.2 Å². The van der Waals surface area contributed by atoms with E-state index in [1.165, 1.54) is 6.07 Å². The minimum absolute atomic E-state index is 0.0442. The summed E-state index contributed by atoms with van der Waals surface area (Å²) in [6.45, 7) is 5.78. The Morgan fingerprint density at radius 1 is 1.31 bits per heavy atom. The van der Waals surface area contributed by atoms with Gasteiger partial charge in [0.2, 0.25) is 0 Å². The molecule has 0 aliphatic rings. The van der Waals surface area contributed by atoms with E-state index in [2.05, 4.69) is 0 Å². The third-order valence-electron chi connectivity index (χ3n) is 1.85. The van der Waals surface area contributed by atoms with Gasteiger partial charge in [-0.3, -0.25) is 0 Å². The summed E-state index contributed by atoms with van der Waals surface area (Å²) in [6.07, 6.45) is 0. The van der Waals surface area contributed by atoms with Gasteiger partial charge in [-0.05, 0) is 11.5 Å². The van der Waals surface area contributed by atoms with Crippen molar-refractivity contribution in [3.05, 3.63) is 28.5 Å². The summed E-state index contributed by atoms with van der Waals surface area (Å²) < 4.78 is 12.9. The fourth-order valence-electron chi connectivity index (χ4n) is 1.14. The number of rotatable bonds is 0. The van der Waals surface area contributed by atoms with Crippen LogP contribution in [0, 0.1) is 5.82 Å². The zero-order valence-electron chi connectivity index (χ0n) is 7.86. The Balaban J connectivity index is 3.32. The lowest BCUT2D eigenvalue weighted by molar-refractivity contribution is 0.441. The molecule has 0 spiro atoms. The van der Waals surface area contributed by atoms with Crippen LogP contribution in [0.25, 0.3) is 0 Å². The molecule has 72 valence electrons. The molecule has 1 nitrogen and oxygen atoms in total. The summed E-state index contributed by atoms with van der Waals surface area (Å²) in [7, 11) is 0. The first-order valence-corrected chi connectivity index (χ1v) is 4.38. The molecule has 0 aliphatic heterocycles. The van der Waals surface area contributed by atoms with Gasteiger partial charge in [0.15, 0.2) is 0 Å². The van der Waals surface area contributed by atoms with Crippen molar-refractivity contribution >= 4 is 11.6 Å². The summed E-state index contributed by atoms with van der Waals surface area (Å²) in [6, 6.07) is 2.51. The number of halogens is 2. The van der Waals surface area contributed by atoms with Crippen molar-refractivity contribution in [2.45, 2.75) is 26.2 Å². The molecule has 0 bridgehead atoms. The highest BCUT2D eigenvalue weighted by molar-refractivity contribution is 6.30. The van der Waals surface area contributed by atoms with E-state index in [-0.39, 0.29) is 16.2 Å². The summed E-state index contributed by atoms with van der Waals surface area (Å²) >= 11 is 5.61. The first kappa shape index (κ1) is 10.3. The predicted octanol–water partition coefficient (Wildman–Crippen LogP) is 3.48. The monoisotopic (exact) mass is 202 g/mol. The second kappa shape index (κ2) is 3.18. The van der Waals surface area contributed by atoms with Crippen LogP contribution in [0.5, 0.6) is 5.75 Å². The largest absolute Gasteiger partial charge is 0.508 e. The zero-order chi connectivity index (χ0) is 10.2. The lowest BCUT2D eigenvalue weighted by Gasteiger charge is -2.20. The minimum atomic E-state index is -0.591. The highest BCUT2D eigenvalue weighted by Crippen LogP contribution is 2.33. The average molecular weight is 203 g/mol. The van der Waals surface area contributed by atoms with E-state index in [1.807, 2.05) is 20.8 Å². The van der Waals surface area contributed by atoms with Crippen LogP contribution in [0.3, 0.4) is 0 Å². The Labute approximate surface area is 82.2 Å². The van der Waals surface area contributed by atoms with Gasteiger partial charge in [-0.15, -0.1) is 0 Å². The van der Waals surface area contributed by atoms with Gasteiger partial charge in [0.25, 0.3) is 0 Å². The quantitative estimate of drug-likeness (QED) is 0.683. The summed E-state index contributed by atoms with van der Waals surface area (Å²) in [5.74, 6) is -0.637. The van der Waals surface area contributed by atoms with E-state index in [4.69, 9.17) is 11.6 Å². The van der Waals surface area contributed by atoms with E-state index >= 15 is 0 Å². The second-order valence-corrected chi connectivity index (χ2v) is 4.44. The van der Waals surface area contributed by atoms with Crippen molar-refractivity contribution in [3.63, 3.8) is 0 Å². The van der Waals surface area contributed by atoms with Gasteiger partial charge in [-0.1, -0.05) is 32.4 Å². The molecule has 0 radical (unpaired) electrons. The van der Waals surface area contributed by atoms with Crippen molar-refractivity contribution in [3.8, 4) is 5.75 Å². The van der Waals surface area contributed by atoms with Crippen LogP contribution < -0.4 is 0 Å². The lowest BCUT2D eigenvalue weighted by atomic mass is 9.86. The number of phenolic OH excluding ortho intramolecular Hbond substituents is 1. The van der Waals surface area contributed by atoms with Gasteiger partial charge >= 0.3 is 0 Å². The van der Waals surface area contributed by atoms with Crippen molar-refractivity contribution in [1.82, 2.24) is 0 Å². The Bertz CT molecular complexity index is 328. The number of hydrogen-bond acceptors (Lipinski definition) is 1. The molecule has 0 fully saturated rings. The standard InChI is InChI=1S/C10H12ClFO/c1-10(2,3)6-4-7(11)8(12)5-9(6)13/h4-5,13H,1-3H3. The van der Waals surface area contributed by atoms with Crippen LogP contribution in [0.1, 0.15) is 26.3 Å². The number of benzene rings is 1. The van der Waals surface area contributed by atoms with Gasteiger partial charge < -0.3 is 5.11 Å². The fraction of sp³-hybridized carbons (Fsp3) is 0.400. The highest BCUT2D eigenvalue weighted by Gasteiger charge is 2.19.